The number of carboxylic acid groups (broad SMARTS) is 2. The number of hydrogen-bond acceptors (Lipinski definition) is 8. The first-order valence-electron chi connectivity index (χ1n) is 11.6. The predicted octanol–water partition coefficient (Wildman–Crippen LogP) is 2.49. The van der Waals surface area contributed by atoms with E-state index in [1.165, 1.54) is 36.0 Å². The molecule has 38 heavy (non-hydrogen) atoms. The fraction of sp³-hybridized carbons (Fsp3) is 0.360. The molecule has 0 heterocycles. The number of hydrogen-bond donors (Lipinski definition) is 5. The SMILES string of the molecule is CC(C)CCSCC(=O)C(CC(=O)O)NC(=O)c1ccc(CNS(=O)(=O)c2ccc(O)c(C(=O)O)c2)cc1. The molecule has 0 aromatic heterocycles. The molecule has 1 atom stereocenters. The van der Waals surface area contributed by atoms with Gasteiger partial charge in [-0.25, -0.2) is 17.9 Å². The molecule has 1 unspecified atom stereocenters. The van der Waals surface area contributed by atoms with Gasteiger partial charge < -0.3 is 20.6 Å². The third-order valence-electron chi connectivity index (χ3n) is 5.35. The molecule has 2 aromatic carbocycles. The van der Waals surface area contributed by atoms with E-state index in [0.717, 1.165) is 30.4 Å². The van der Waals surface area contributed by atoms with E-state index in [2.05, 4.69) is 23.9 Å². The summed E-state index contributed by atoms with van der Waals surface area (Å²) in [5, 5.41) is 30.3. The Kier molecular flexibility index (Phi) is 11.3. The molecule has 0 aliphatic carbocycles. The fourth-order valence-corrected chi connectivity index (χ4v) is 5.37. The van der Waals surface area contributed by atoms with Gasteiger partial charge in [-0.15, -0.1) is 0 Å². The van der Waals surface area contributed by atoms with E-state index in [1.54, 1.807) is 0 Å². The molecule has 0 bridgehead atoms. The number of ketones is 1. The summed E-state index contributed by atoms with van der Waals surface area (Å²) in [6.45, 7) is 3.94. The zero-order chi connectivity index (χ0) is 28.5. The molecule has 2 rings (SSSR count). The van der Waals surface area contributed by atoms with Gasteiger partial charge >= 0.3 is 11.9 Å². The zero-order valence-corrected chi connectivity index (χ0v) is 22.5. The lowest BCUT2D eigenvalue weighted by atomic mass is 10.1. The number of Topliss-reactive ketones (excluding diaryl/α,β-unsaturated/α-hetero) is 1. The number of carbonyl (C=O) groups is 4. The normalized spacial score (nSPS) is 12.2. The molecule has 1 amide bonds. The number of aromatic carboxylic acids is 1. The Hall–Kier alpha value is -3.42. The lowest BCUT2D eigenvalue weighted by Gasteiger charge is -2.16. The monoisotopic (exact) mass is 566 g/mol. The van der Waals surface area contributed by atoms with E-state index >= 15 is 0 Å². The molecule has 0 fully saturated rings. The van der Waals surface area contributed by atoms with Crippen molar-refractivity contribution in [3.05, 3.63) is 59.2 Å². The van der Waals surface area contributed by atoms with E-state index in [9.17, 15) is 32.7 Å². The number of benzene rings is 2. The van der Waals surface area contributed by atoms with E-state index in [-0.39, 0.29) is 28.5 Å². The van der Waals surface area contributed by atoms with Crippen LogP contribution in [0.15, 0.2) is 47.4 Å². The predicted molar refractivity (Wildman–Crippen MR) is 141 cm³/mol. The number of rotatable bonds is 15. The van der Waals surface area contributed by atoms with Gasteiger partial charge in [0.2, 0.25) is 10.0 Å². The minimum Gasteiger partial charge on any atom is -0.507 e. The summed E-state index contributed by atoms with van der Waals surface area (Å²) in [6, 6.07) is 7.46. The number of nitrogens with one attached hydrogen (secondary N) is 2. The minimum absolute atomic E-state index is 0.0824. The van der Waals surface area contributed by atoms with Crippen molar-refractivity contribution < 1.29 is 42.9 Å². The molecule has 0 aliphatic heterocycles. The number of thioether (sulfide) groups is 1. The van der Waals surface area contributed by atoms with Gasteiger partial charge in [0.15, 0.2) is 5.78 Å². The van der Waals surface area contributed by atoms with Crippen molar-refractivity contribution in [1.29, 1.82) is 0 Å². The molecule has 0 saturated carbocycles. The molecule has 206 valence electrons. The smallest absolute Gasteiger partial charge is 0.339 e. The summed E-state index contributed by atoms with van der Waals surface area (Å²) in [5.41, 5.74) is 0.0658. The van der Waals surface area contributed by atoms with Crippen molar-refractivity contribution in [3.63, 3.8) is 0 Å². The van der Waals surface area contributed by atoms with Crippen molar-refractivity contribution in [1.82, 2.24) is 10.0 Å². The Morgan fingerprint density at radius 1 is 1.00 bits per heavy atom. The van der Waals surface area contributed by atoms with Gasteiger partial charge in [0.05, 0.1) is 23.1 Å². The van der Waals surface area contributed by atoms with Crippen LogP contribution in [0.25, 0.3) is 0 Å². The number of aromatic hydroxyl groups is 1. The van der Waals surface area contributed by atoms with Gasteiger partial charge in [-0.05, 0) is 54.0 Å². The van der Waals surface area contributed by atoms with Crippen LogP contribution in [0.4, 0.5) is 0 Å². The van der Waals surface area contributed by atoms with Crippen molar-refractivity contribution >= 4 is 45.4 Å². The van der Waals surface area contributed by atoms with Gasteiger partial charge in [-0.3, -0.25) is 14.4 Å². The number of carbonyl (C=O) groups excluding carboxylic acids is 2. The van der Waals surface area contributed by atoms with E-state index < -0.39 is 51.6 Å². The second kappa shape index (κ2) is 13.9. The number of phenols is 1. The highest BCUT2D eigenvalue weighted by Gasteiger charge is 2.24. The summed E-state index contributed by atoms with van der Waals surface area (Å²) in [7, 11) is -4.11. The first-order valence-corrected chi connectivity index (χ1v) is 14.2. The van der Waals surface area contributed by atoms with E-state index in [4.69, 9.17) is 10.2 Å². The van der Waals surface area contributed by atoms with Gasteiger partial charge in [0.1, 0.15) is 11.3 Å². The first kappa shape index (κ1) is 30.8. The van der Waals surface area contributed by atoms with Crippen LogP contribution in [0.3, 0.4) is 0 Å². The van der Waals surface area contributed by atoms with Crippen LogP contribution in [-0.4, -0.2) is 64.9 Å². The van der Waals surface area contributed by atoms with Gasteiger partial charge in [0.25, 0.3) is 5.91 Å². The summed E-state index contributed by atoms with van der Waals surface area (Å²) in [5.74, 6) is -3.00. The van der Waals surface area contributed by atoms with Crippen molar-refractivity contribution in [2.45, 2.75) is 44.2 Å². The van der Waals surface area contributed by atoms with Crippen LogP contribution >= 0.6 is 11.8 Å². The maximum absolute atomic E-state index is 12.6. The Labute approximate surface area is 224 Å². The number of sulfonamides is 1. The van der Waals surface area contributed by atoms with E-state index in [0.29, 0.717) is 11.5 Å². The Balaban J connectivity index is 2.01. The summed E-state index contributed by atoms with van der Waals surface area (Å²) >= 11 is 1.39. The highest BCUT2D eigenvalue weighted by molar-refractivity contribution is 7.99. The largest absolute Gasteiger partial charge is 0.507 e. The van der Waals surface area contributed by atoms with Crippen LogP contribution in [0, 0.1) is 5.92 Å². The van der Waals surface area contributed by atoms with Crippen molar-refractivity contribution in [2.24, 2.45) is 5.92 Å². The summed E-state index contributed by atoms with van der Waals surface area (Å²) < 4.78 is 27.4. The Morgan fingerprint density at radius 2 is 1.66 bits per heavy atom. The van der Waals surface area contributed by atoms with Gasteiger partial charge in [0, 0.05) is 12.1 Å². The van der Waals surface area contributed by atoms with Crippen LogP contribution < -0.4 is 10.0 Å². The summed E-state index contributed by atoms with van der Waals surface area (Å²) in [6.07, 6.45) is 0.366. The van der Waals surface area contributed by atoms with Crippen LogP contribution in [0.1, 0.15) is 53.0 Å². The maximum atomic E-state index is 12.6. The number of amides is 1. The third kappa shape index (κ3) is 9.47. The molecular formula is C25H30N2O9S2. The summed E-state index contributed by atoms with van der Waals surface area (Å²) in [4.78, 5) is 47.2. The molecule has 0 saturated heterocycles. The van der Waals surface area contributed by atoms with Crippen LogP contribution in [-0.2, 0) is 26.2 Å². The second-order valence-corrected chi connectivity index (χ2v) is 11.7. The number of aliphatic carboxylic acids is 1. The Bertz CT molecular complexity index is 1280. The van der Waals surface area contributed by atoms with E-state index in [1.807, 2.05) is 0 Å². The van der Waals surface area contributed by atoms with Gasteiger partial charge in [-0.1, -0.05) is 26.0 Å². The molecule has 11 nitrogen and oxygen atoms in total. The average Bonchev–Trinajstić information content (AvgIpc) is 2.84. The average molecular weight is 567 g/mol. The molecular weight excluding hydrogens is 536 g/mol. The highest BCUT2D eigenvalue weighted by Crippen LogP contribution is 2.21. The topological polar surface area (TPSA) is 187 Å². The molecule has 0 spiro atoms. The lowest BCUT2D eigenvalue weighted by Crippen LogP contribution is -2.43. The first-order chi connectivity index (χ1) is 17.8. The molecule has 5 N–H and O–H groups in total. The lowest BCUT2D eigenvalue weighted by molar-refractivity contribution is -0.139. The quantitative estimate of drug-likeness (QED) is 0.200. The third-order valence-corrected chi connectivity index (χ3v) is 7.76. The number of carboxylic acids is 2. The van der Waals surface area contributed by atoms with Crippen LogP contribution in [0.2, 0.25) is 0 Å². The zero-order valence-electron chi connectivity index (χ0n) is 20.8. The fourth-order valence-electron chi connectivity index (χ4n) is 3.14. The van der Waals surface area contributed by atoms with Crippen molar-refractivity contribution in [3.8, 4) is 5.75 Å². The van der Waals surface area contributed by atoms with Crippen molar-refractivity contribution in [2.75, 3.05) is 11.5 Å². The second-order valence-electron chi connectivity index (χ2n) is 8.83. The highest BCUT2D eigenvalue weighted by atomic mass is 32.2. The molecule has 13 heteroatoms. The van der Waals surface area contributed by atoms with Crippen LogP contribution in [0.5, 0.6) is 5.75 Å². The molecule has 0 aliphatic rings. The molecule has 0 radical (unpaired) electrons. The maximum Gasteiger partial charge on any atom is 0.339 e. The Morgan fingerprint density at radius 3 is 2.24 bits per heavy atom. The molecule has 2 aromatic rings. The standard InChI is InChI=1S/C25H30N2O9S2/c1-15(2)9-10-37-14-22(29)20(12-23(30)31)27-24(32)17-5-3-16(4-6-17)13-26-38(35,36)18-7-8-21(28)19(11-18)25(33)34/h3-8,11,15,20,26,28H,9-10,12-14H2,1-2H3,(H,27,32)(H,30,31)(H,33,34). The minimum atomic E-state index is -4.11. The van der Waals surface area contributed by atoms with Gasteiger partial charge in [-0.2, -0.15) is 11.8 Å².